The number of rotatable bonds is 5. The Labute approximate surface area is 147 Å². The fourth-order valence-electron chi connectivity index (χ4n) is 2.70. The van der Waals surface area contributed by atoms with Gasteiger partial charge in [-0.3, -0.25) is 4.99 Å². The number of aryl methyl sites for hydroxylation is 1. The lowest BCUT2D eigenvalue weighted by atomic mass is 10.3. The van der Waals surface area contributed by atoms with Gasteiger partial charge in [0.05, 0.1) is 6.54 Å². The van der Waals surface area contributed by atoms with Gasteiger partial charge in [0.1, 0.15) is 10.8 Å². The zero-order valence-electron chi connectivity index (χ0n) is 14.2. The summed E-state index contributed by atoms with van der Waals surface area (Å²) in [5.41, 5.74) is 1.14. The minimum atomic E-state index is 0.685. The highest BCUT2D eigenvalue weighted by molar-refractivity contribution is 7.11. The molecule has 0 unspecified atom stereocenters. The lowest BCUT2D eigenvalue weighted by Gasteiger charge is -2.16. The molecule has 0 spiro atoms. The molecule has 0 atom stereocenters. The molecular formula is C17H24N6S. The van der Waals surface area contributed by atoms with E-state index in [1.807, 2.05) is 12.4 Å². The molecule has 0 bridgehead atoms. The molecule has 0 amide bonds. The topological polar surface area (TPSA) is 65.4 Å². The number of aliphatic imine (C=N–C) groups is 1. The molecule has 7 heteroatoms. The van der Waals surface area contributed by atoms with E-state index < -0.39 is 0 Å². The predicted molar refractivity (Wildman–Crippen MR) is 99.6 cm³/mol. The van der Waals surface area contributed by atoms with Crippen molar-refractivity contribution in [2.75, 3.05) is 25.0 Å². The smallest absolute Gasteiger partial charge is 0.191 e. The van der Waals surface area contributed by atoms with Gasteiger partial charge in [0.15, 0.2) is 5.96 Å². The number of pyridine rings is 1. The van der Waals surface area contributed by atoms with Gasteiger partial charge in [0, 0.05) is 44.0 Å². The number of aromatic nitrogens is 2. The van der Waals surface area contributed by atoms with Crippen LogP contribution >= 0.6 is 11.3 Å². The van der Waals surface area contributed by atoms with Crippen LogP contribution in [0.1, 0.15) is 28.3 Å². The summed E-state index contributed by atoms with van der Waals surface area (Å²) in [5.74, 6) is 1.85. The van der Waals surface area contributed by atoms with E-state index >= 15 is 0 Å². The zero-order chi connectivity index (χ0) is 16.8. The van der Waals surface area contributed by atoms with Crippen LogP contribution in [0.5, 0.6) is 0 Å². The average Bonchev–Trinajstić information content (AvgIpc) is 3.27. The Balaban J connectivity index is 1.48. The molecule has 0 radical (unpaired) electrons. The number of hydrogen-bond donors (Lipinski definition) is 2. The van der Waals surface area contributed by atoms with Gasteiger partial charge < -0.3 is 15.5 Å². The largest absolute Gasteiger partial charge is 0.357 e. The van der Waals surface area contributed by atoms with Crippen molar-refractivity contribution in [1.29, 1.82) is 0 Å². The van der Waals surface area contributed by atoms with Gasteiger partial charge >= 0.3 is 0 Å². The zero-order valence-corrected chi connectivity index (χ0v) is 15.1. The van der Waals surface area contributed by atoms with Crippen molar-refractivity contribution in [3.8, 4) is 0 Å². The van der Waals surface area contributed by atoms with Crippen molar-refractivity contribution in [3.63, 3.8) is 0 Å². The van der Waals surface area contributed by atoms with Crippen molar-refractivity contribution in [2.24, 2.45) is 4.99 Å². The Morgan fingerprint density at radius 2 is 1.96 bits per heavy atom. The molecule has 24 heavy (non-hydrogen) atoms. The van der Waals surface area contributed by atoms with Crippen LogP contribution in [0, 0.1) is 6.92 Å². The SMILES string of the molecule is CN=C(NCc1ccc(N2CCCC2)nc1)NCc1ncc(C)s1. The van der Waals surface area contributed by atoms with Crippen molar-refractivity contribution in [3.05, 3.63) is 40.0 Å². The summed E-state index contributed by atoms with van der Waals surface area (Å²) >= 11 is 1.70. The van der Waals surface area contributed by atoms with E-state index in [-0.39, 0.29) is 0 Å². The summed E-state index contributed by atoms with van der Waals surface area (Å²) in [5, 5.41) is 7.66. The first kappa shape index (κ1) is 16.7. The number of guanidine groups is 1. The third kappa shape index (κ3) is 4.44. The molecule has 1 aliphatic heterocycles. The molecule has 3 rings (SSSR count). The molecule has 1 saturated heterocycles. The highest BCUT2D eigenvalue weighted by atomic mass is 32.1. The van der Waals surface area contributed by atoms with Crippen molar-refractivity contribution < 1.29 is 0 Å². The number of anilines is 1. The summed E-state index contributed by atoms with van der Waals surface area (Å²) in [7, 11) is 1.77. The second-order valence-electron chi connectivity index (χ2n) is 5.86. The molecule has 0 aromatic carbocycles. The third-order valence-electron chi connectivity index (χ3n) is 4.00. The normalized spacial score (nSPS) is 14.9. The maximum Gasteiger partial charge on any atom is 0.191 e. The van der Waals surface area contributed by atoms with Crippen molar-refractivity contribution >= 4 is 23.1 Å². The number of hydrogen-bond acceptors (Lipinski definition) is 5. The van der Waals surface area contributed by atoms with Crippen LogP contribution in [-0.2, 0) is 13.1 Å². The van der Waals surface area contributed by atoms with Crippen LogP contribution in [0.15, 0.2) is 29.5 Å². The number of nitrogens with one attached hydrogen (secondary N) is 2. The van der Waals surface area contributed by atoms with Crippen LogP contribution in [0.2, 0.25) is 0 Å². The third-order valence-corrected chi connectivity index (χ3v) is 4.91. The standard InChI is InChI=1S/C17H24N6S/c1-13-9-20-16(24-13)12-22-17(18-2)21-11-14-5-6-15(19-10-14)23-7-3-4-8-23/h5-6,9-10H,3-4,7-8,11-12H2,1-2H3,(H2,18,21,22). The monoisotopic (exact) mass is 344 g/mol. The van der Waals surface area contributed by atoms with Crippen LogP contribution in [0.4, 0.5) is 5.82 Å². The molecule has 2 aromatic heterocycles. The summed E-state index contributed by atoms with van der Waals surface area (Å²) in [6.07, 6.45) is 6.38. The highest BCUT2D eigenvalue weighted by Gasteiger charge is 2.12. The average molecular weight is 344 g/mol. The maximum atomic E-state index is 4.58. The first-order chi connectivity index (χ1) is 11.7. The Morgan fingerprint density at radius 3 is 2.58 bits per heavy atom. The van der Waals surface area contributed by atoms with Crippen LogP contribution in [0.3, 0.4) is 0 Å². The van der Waals surface area contributed by atoms with E-state index in [0.717, 1.165) is 35.4 Å². The van der Waals surface area contributed by atoms with Crippen LogP contribution in [-0.4, -0.2) is 36.1 Å². The Morgan fingerprint density at radius 1 is 1.17 bits per heavy atom. The fourth-order valence-corrected chi connectivity index (χ4v) is 3.43. The van der Waals surface area contributed by atoms with Crippen LogP contribution in [0.25, 0.3) is 0 Å². The van der Waals surface area contributed by atoms with Gasteiger partial charge in [-0.2, -0.15) is 0 Å². The molecule has 1 fully saturated rings. The molecule has 2 aromatic rings. The van der Waals surface area contributed by atoms with Gasteiger partial charge in [-0.1, -0.05) is 6.07 Å². The van der Waals surface area contributed by atoms with Gasteiger partial charge in [0.25, 0.3) is 0 Å². The molecule has 0 aliphatic carbocycles. The van der Waals surface area contributed by atoms with Gasteiger partial charge in [-0.05, 0) is 31.4 Å². The molecule has 6 nitrogen and oxygen atoms in total. The molecular weight excluding hydrogens is 320 g/mol. The lowest BCUT2D eigenvalue weighted by Crippen LogP contribution is -2.36. The summed E-state index contributed by atoms with van der Waals surface area (Å²) in [6, 6.07) is 4.24. The van der Waals surface area contributed by atoms with E-state index in [2.05, 4.69) is 49.6 Å². The highest BCUT2D eigenvalue weighted by Crippen LogP contribution is 2.17. The first-order valence-electron chi connectivity index (χ1n) is 8.30. The molecule has 1 aliphatic rings. The van der Waals surface area contributed by atoms with E-state index in [4.69, 9.17) is 0 Å². The Hall–Kier alpha value is -2.15. The summed E-state index contributed by atoms with van der Waals surface area (Å²) < 4.78 is 0. The van der Waals surface area contributed by atoms with Crippen molar-refractivity contribution in [1.82, 2.24) is 20.6 Å². The number of nitrogens with zero attached hydrogens (tertiary/aromatic N) is 4. The van der Waals surface area contributed by atoms with Crippen LogP contribution < -0.4 is 15.5 Å². The summed E-state index contributed by atoms with van der Waals surface area (Å²) in [6.45, 7) is 5.69. The minimum absolute atomic E-state index is 0.685. The van der Waals surface area contributed by atoms with Gasteiger partial charge in [0.2, 0.25) is 0 Å². The lowest BCUT2D eigenvalue weighted by molar-refractivity contribution is 0.802. The Bertz CT molecular complexity index is 673. The van der Waals surface area contributed by atoms with E-state index in [1.165, 1.54) is 17.7 Å². The fraction of sp³-hybridized carbons (Fsp3) is 0.471. The minimum Gasteiger partial charge on any atom is -0.357 e. The van der Waals surface area contributed by atoms with E-state index in [1.54, 1.807) is 18.4 Å². The number of thiazole rings is 1. The summed E-state index contributed by atoms with van der Waals surface area (Å²) in [4.78, 5) is 16.7. The van der Waals surface area contributed by atoms with Gasteiger partial charge in [-0.25, -0.2) is 9.97 Å². The molecule has 0 saturated carbocycles. The predicted octanol–water partition coefficient (Wildman–Crippen LogP) is 2.31. The molecule has 128 valence electrons. The first-order valence-corrected chi connectivity index (χ1v) is 9.12. The molecule has 3 heterocycles. The maximum absolute atomic E-state index is 4.58. The van der Waals surface area contributed by atoms with E-state index in [0.29, 0.717) is 13.1 Å². The quantitative estimate of drug-likeness (QED) is 0.644. The molecule has 2 N–H and O–H groups in total. The van der Waals surface area contributed by atoms with E-state index in [9.17, 15) is 0 Å². The second-order valence-corrected chi connectivity index (χ2v) is 7.18. The van der Waals surface area contributed by atoms with Crippen molar-refractivity contribution in [2.45, 2.75) is 32.9 Å². The van der Waals surface area contributed by atoms with Gasteiger partial charge in [-0.15, -0.1) is 11.3 Å². The Kier molecular flexibility index (Phi) is 5.63. The second kappa shape index (κ2) is 8.10.